The van der Waals surface area contributed by atoms with Gasteiger partial charge in [-0.25, -0.2) is 0 Å². The fraction of sp³-hybridized carbons (Fsp3) is 0.875. The third-order valence-electron chi connectivity index (χ3n) is 14.1. The number of fused-ring (bicyclic) bond motifs is 7. The zero-order valence-electron chi connectivity index (χ0n) is 24.7. The van der Waals surface area contributed by atoms with E-state index in [1.54, 1.807) is 0 Å². The average molecular weight is 530 g/mol. The predicted molar refractivity (Wildman–Crippen MR) is 147 cm³/mol. The zero-order chi connectivity index (χ0) is 28.3. The van der Waals surface area contributed by atoms with Gasteiger partial charge < -0.3 is 21.1 Å². The van der Waals surface area contributed by atoms with Gasteiger partial charge in [-0.15, -0.1) is 0 Å². The highest BCUT2D eigenvalue weighted by molar-refractivity contribution is 5.95. The molecule has 0 saturated heterocycles. The number of carboxylic acids is 1. The SMILES string of the molecule is CC1(C)C2CC[C@]3(C)[C@H](C(=O)C=C4[C@H]5C[C@@](C)(C(=O)O)CC[C@]5(C)CC[C@]43C)[C@@]2(C)CC[C@@]1(O)CC(N)O. The fourth-order valence-electron chi connectivity index (χ4n) is 11.1. The molecule has 0 aromatic carbocycles. The summed E-state index contributed by atoms with van der Waals surface area (Å²) < 4.78 is 0. The molecule has 5 aliphatic rings. The van der Waals surface area contributed by atoms with Gasteiger partial charge in [0.2, 0.25) is 0 Å². The van der Waals surface area contributed by atoms with E-state index in [2.05, 4.69) is 41.5 Å². The Morgan fingerprint density at radius 2 is 1.63 bits per heavy atom. The number of aliphatic carboxylic acids is 1. The van der Waals surface area contributed by atoms with E-state index in [9.17, 15) is 24.9 Å². The first kappa shape index (κ1) is 28.3. The van der Waals surface area contributed by atoms with Crippen LogP contribution < -0.4 is 5.73 Å². The summed E-state index contributed by atoms with van der Waals surface area (Å²) in [5.41, 5.74) is 4.06. The van der Waals surface area contributed by atoms with E-state index in [4.69, 9.17) is 5.73 Å². The van der Waals surface area contributed by atoms with Gasteiger partial charge in [0.25, 0.3) is 0 Å². The van der Waals surface area contributed by atoms with E-state index < -0.39 is 28.6 Å². The lowest BCUT2D eigenvalue weighted by Crippen LogP contribution is -2.69. The fourth-order valence-corrected chi connectivity index (χ4v) is 11.1. The van der Waals surface area contributed by atoms with E-state index in [1.807, 2.05) is 13.0 Å². The van der Waals surface area contributed by atoms with E-state index >= 15 is 0 Å². The first-order chi connectivity index (χ1) is 17.3. The Morgan fingerprint density at radius 1 is 1.00 bits per heavy atom. The number of ketones is 1. The van der Waals surface area contributed by atoms with Crippen molar-refractivity contribution in [1.82, 2.24) is 0 Å². The summed E-state index contributed by atoms with van der Waals surface area (Å²) in [5.74, 6) is -0.410. The summed E-state index contributed by atoms with van der Waals surface area (Å²) in [7, 11) is 0. The van der Waals surface area contributed by atoms with Crippen LogP contribution in [0.4, 0.5) is 0 Å². The minimum Gasteiger partial charge on any atom is -0.481 e. The van der Waals surface area contributed by atoms with Crippen LogP contribution in [0.5, 0.6) is 0 Å². The maximum Gasteiger partial charge on any atom is 0.309 e. The number of carbonyl (C=O) groups excluding carboxylic acids is 1. The predicted octanol–water partition coefficient (Wildman–Crippen LogP) is 5.45. The molecular formula is C32H51NO5. The Kier molecular flexibility index (Phi) is 6.08. The number of nitrogens with two attached hydrogens (primary N) is 1. The van der Waals surface area contributed by atoms with Crippen molar-refractivity contribution >= 4 is 11.8 Å². The Balaban J connectivity index is 1.59. The smallest absolute Gasteiger partial charge is 0.309 e. The lowest BCUT2D eigenvalue weighted by Gasteiger charge is -2.71. The summed E-state index contributed by atoms with van der Waals surface area (Å²) >= 11 is 0. The molecule has 0 amide bonds. The van der Waals surface area contributed by atoms with Crippen molar-refractivity contribution in [2.75, 3.05) is 0 Å². The van der Waals surface area contributed by atoms with Crippen LogP contribution in [0.25, 0.3) is 0 Å². The van der Waals surface area contributed by atoms with Gasteiger partial charge in [0.15, 0.2) is 5.78 Å². The molecule has 5 aliphatic carbocycles. The van der Waals surface area contributed by atoms with Crippen molar-refractivity contribution < 1.29 is 24.9 Å². The number of carboxylic acid groups (broad SMARTS) is 1. The molecule has 5 rings (SSSR count). The normalized spacial score (nSPS) is 52.5. The summed E-state index contributed by atoms with van der Waals surface area (Å²) in [4.78, 5) is 26.7. The highest BCUT2D eigenvalue weighted by Gasteiger charge is 2.71. The Morgan fingerprint density at radius 3 is 2.24 bits per heavy atom. The van der Waals surface area contributed by atoms with Crippen molar-refractivity contribution in [3.05, 3.63) is 11.6 Å². The zero-order valence-corrected chi connectivity index (χ0v) is 24.7. The summed E-state index contributed by atoms with van der Waals surface area (Å²) in [6.07, 6.45) is 8.42. The molecular weight excluding hydrogens is 478 g/mol. The van der Waals surface area contributed by atoms with Gasteiger partial charge in [0.1, 0.15) is 6.23 Å². The van der Waals surface area contributed by atoms with Crippen LogP contribution in [0.15, 0.2) is 11.6 Å². The number of carbonyl (C=O) groups is 2. The number of hydrogen-bond donors (Lipinski definition) is 4. The lowest BCUT2D eigenvalue weighted by molar-refractivity contribution is -0.236. The second kappa shape index (κ2) is 8.16. The molecule has 5 N–H and O–H groups in total. The second-order valence-electron chi connectivity index (χ2n) is 16.1. The number of rotatable bonds is 3. The topological polar surface area (TPSA) is 121 Å². The third-order valence-corrected chi connectivity index (χ3v) is 14.1. The van der Waals surface area contributed by atoms with Crippen LogP contribution >= 0.6 is 0 Å². The molecule has 4 fully saturated rings. The Hall–Kier alpha value is -1.24. The molecule has 6 heteroatoms. The maximum atomic E-state index is 14.4. The van der Waals surface area contributed by atoms with Gasteiger partial charge in [0.05, 0.1) is 11.0 Å². The van der Waals surface area contributed by atoms with Crippen molar-refractivity contribution in [1.29, 1.82) is 0 Å². The Bertz CT molecular complexity index is 1080. The largest absolute Gasteiger partial charge is 0.481 e. The second-order valence-corrected chi connectivity index (χ2v) is 16.1. The third kappa shape index (κ3) is 3.41. The summed E-state index contributed by atoms with van der Waals surface area (Å²) in [6, 6.07) is 0. The van der Waals surface area contributed by atoms with E-state index in [0.29, 0.717) is 19.3 Å². The van der Waals surface area contributed by atoms with Crippen molar-refractivity contribution in [2.45, 2.75) is 125 Å². The molecule has 2 unspecified atom stereocenters. The lowest BCUT2D eigenvalue weighted by atomic mass is 9.32. The molecule has 0 aliphatic heterocycles. The number of allylic oxidation sites excluding steroid dienone is 2. The molecule has 0 radical (unpaired) electrons. The van der Waals surface area contributed by atoms with E-state index in [0.717, 1.165) is 38.5 Å². The quantitative estimate of drug-likeness (QED) is 0.361. The molecule has 214 valence electrons. The first-order valence-electron chi connectivity index (χ1n) is 15.0. The molecule has 38 heavy (non-hydrogen) atoms. The first-order valence-corrected chi connectivity index (χ1v) is 15.0. The van der Waals surface area contributed by atoms with Gasteiger partial charge in [-0.3, -0.25) is 9.59 Å². The van der Waals surface area contributed by atoms with Crippen LogP contribution in [0.3, 0.4) is 0 Å². The van der Waals surface area contributed by atoms with Crippen LogP contribution in [-0.2, 0) is 9.59 Å². The highest BCUT2D eigenvalue weighted by atomic mass is 16.4. The molecule has 6 nitrogen and oxygen atoms in total. The molecule has 0 heterocycles. The number of hydrogen-bond acceptors (Lipinski definition) is 5. The van der Waals surface area contributed by atoms with Crippen LogP contribution in [-0.4, -0.2) is 38.9 Å². The van der Waals surface area contributed by atoms with Gasteiger partial charge in [0, 0.05) is 12.3 Å². The van der Waals surface area contributed by atoms with Crippen LogP contribution in [0.2, 0.25) is 0 Å². The maximum absolute atomic E-state index is 14.4. The average Bonchev–Trinajstić information content (AvgIpc) is 2.79. The monoisotopic (exact) mass is 529 g/mol. The van der Waals surface area contributed by atoms with Crippen molar-refractivity contribution in [2.24, 2.45) is 56.0 Å². The van der Waals surface area contributed by atoms with Crippen LogP contribution in [0, 0.1) is 50.2 Å². The van der Waals surface area contributed by atoms with Crippen molar-refractivity contribution in [3.63, 3.8) is 0 Å². The van der Waals surface area contributed by atoms with Crippen LogP contribution in [0.1, 0.15) is 113 Å². The molecule has 10 atom stereocenters. The molecule has 0 aromatic heterocycles. The minimum absolute atomic E-state index is 0.0390. The summed E-state index contributed by atoms with van der Waals surface area (Å²) in [5, 5.41) is 31.9. The summed E-state index contributed by atoms with van der Waals surface area (Å²) in [6.45, 7) is 15.5. The van der Waals surface area contributed by atoms with Gasteiger partial charge in [-0.2, -0.15) is 0 Å². The molecule has 0 aromatic rings. The highest BCUT2D eigenvalue weighted by Crippen LogP contribution is 2.76. The van der Waals surface area contributed by atoms with Gasteiger partial charge in [-0.05, 0) is 110 Å². The van der Waals surface area contributed by atoms with Gasteiger partial charge >= 0.3 is 5.97 Å². The number of aliphatic hydroxyl groups excluding tert-OH is 1. The minimum atomic E-state index is -1.07. The molecule has 0 spiro atoms. The molecule has 4 saturated carbocycles. The van der Waals surface area contributed by atoms with E-state index in [-0.39, 0.29) is 51.6 Å². The van der Waals surface area contributed by atoms with E-state index in [1.165, 1.54) is 5.57 Å². The Labute approximate surface area is 228 Å². The standard InChI is InChI=1S/C32H51NO5/c1-26(2)22-8-9-31(7)24(29(22,5)13-15-32(26,38)18-23(33)35)21(34)16-19-20-17-28(4,25(36)37)11-10-27(20,3)12-14-30(19,31)6/h16,20,22-24,35,38H,8-15,17-18,33H2,1-7H3,(H,36,37)/t20-,22?,23?,24-,27-,28+,29+,30-,31-,32-/m1/s1. The molecule has 0 bridgehead atoms. The number of aliphatic hydroxyl groups is 2. The van der Waals surface area contributed by atoms with Gasteiger partial charge in [-0.1, -0.05) is 47.1 Å². The van der Waals surface area contributed by atoms with Crippen molar-refractivity contribution in [3.8, 4) is 0 Å².